The zero-order valence-corrected chi connectivity index (χ0v) is 13.5. The SMILES string of the molecule is CS(=O)(=O)CC1(c2ccc(CN3CCNCC3)cc2)CC1. The van der Waals surface area contributed by atoms with E-state index < -0.39 is 9.84 Å². The zero-order chi connectivity index (χ0) is 14.9. The first-order chi connectivity index (χ1) is 9.97. The molecular weight excluding hydrogens is 284 g/mol. The minimum Gasteiger partial charge on any atom is -0.314 e. The van der Waals surface area contributed by atoms with E-state index in [2.05, 4.69) is 34.5 Å². The molecule has 4 nitrogen and oxygen atoms in total. The highest BCUT2D eigenvalue weighted by Crippen LogP contribution is 2.49. The number of hydrogen-bond donors (Lipinski definition) is 1. The average Bonchev–Trinajstić information content (AvgIpc) is 3.19. The molecule has 0 radical (unpaired) electrons. The Balaban J connectivity index is 1.66. The summed E-state index contributed by atoms with van der Waals surface area (Å²) in [5.74, 6) is 0.289. The highest BCUT2D eigenvalue weighted by molar-refractivity contribution is 7.90. The summed E-state index contributed by atoms with van der Waals surface area (Å²) in [6.45, 7) is 5.31. The van der Waals surface area contributed by atoms with Gasteiger partial charge in [0.1, 0.15) is 9.84 Å². The standard InChI is InChI=1S/C16H24N2O2S/c1-21(19,20)13-16(6-7-16)15-4-2-14(3-5-15)12-18-10-8-17-9-11-18/h2-5,17H,6-13H2,1H3. The van der Waals surface area contributed by atoms with Crippen molar-refractivity contribution in [3.05, 3.63) is 35.4 Å². The molecule has 1 aliphatic heterocycles. The van der Waals surface area contributed by atoms with Crippen LogP contribution < -0.4 is 5.32 Å². The average molecular weight is 308 g/mol. The van der Waals surface area contributed by atoms with Crippen molar-refractivity contribution in [1.29, 1.82) is 0 Å². The van der Waals surface area contributed by atoms with Crippen molar-refractivity contribution in [3.63, 3.8) is 0 Å². The van der Waals surface area contributed by atoms with Crippen LogP contribution in [-0.4, -0.2) is 51.5 Å². The maximum absolute atomic E-state index is 11.6. The molecule has 3 rings (SSSR count). The number of nitrogens with one attached hydrogen (secondary N) is 1. The van der Waals surface area contributed by atoms with Gasteiger partial charge in [-0.05, 0) is 24.0 Å². The van der Waals surface area contributed by atoms with Crippen LogP contribution in [0.2, 0.25) is 0 Å². The second-order valence-corrected chi connectivity index (χ2v) is 8.71. The number of sulfone groups is 1. The zero-order valence-electron chi connectivity index (χ0n) is 12.6. The van der Waals surface area contributed by atoms with Gasteiger partial charge in [-0.15, -0.1) is 0 Å². The number of piperazine rings is 1. The van der Waals surface area contributed by atoms with E-state index in [4.69, 9.17) is 0 Å². The molecule has 0 bridgehead atoms. The molecule has 1 saturated heterocycles. The van der Waals surface area contributed by atoms with E-state index in [1.54, 1.807) is 0 Å². The van der Waals surface area contributed by atoms with Crippen LogP contribution in [0.1, 0.15) is 24.0 Å². The van der Waals surface area contributed by atoms with Gasteiger partial charge in [0.05, 0.1) is 5.75 Å². The Morgan fingerprint density at radius 1 is 1.14 bits per heavy atom. The Labute approximate surface area is 127 Å². The molecule has 1 saturated carbocycles. The topological polar surface area (TPSA) is 49.4 Å². The predicted molar refractivity (Wildman–Crippen MR) is 85.2 cm³/mol. The number of rotatable bonds is 5. The minimum atomic E-state index is -2.92. The van der Waals surface area contributed by atoms with Gasteiger partial charge in [0.25, 0.3) is 0 Å². The molecule has 1 aromatic carbocycles. The van der Waals surface area contributed by atoms with E-state index in [0.717, 1.165) is 45.6 Å². The van der Waals surface area contributed by atoms with Gasteiger partial charge in [-0.2, -0.15) is 0 Å². The first-order valence-electron chi connectivity index (χ1n) is 7.67. The first-order valence-corrected chi connectivity index (χ1v) is 9.73. The van der Waals surface area contributed by atoms with E-state index in [9.17, 15) is 8.42 Å². The van der Waals surface area contributed by atoms with Crippen LogP contribution >= 0.6 is 0 Å². The predicted octanol–water partition coefficient (Wildman–Crippen LogP) is 1.17. The molecule has 1 aliphatic carbocycles. The highest BCUT2D eigenvalue weighted by Gasteiger charge is 2.46. The molecule has 1 N–H and O–H groups in total. The maximum Gasteiger partial charge on any atom is 0.148 e. The lowest BCUT2D eigenvalue weighted by atomic mass is 9.97. The highest BCUT2D eigenvalue weighted by atomic mass is 32.2. The van der Waals surface area contributed by atoms with Crippen molar-refractivity contribution in [2.45, 2.75) is 24.8 Å². The van der Waals surface area contributed by atoms with Crippen LogP contribution in [0, 0.1) is 0 Å². The van der Waals surface area contributed by atoms with Crippen molar-refractivity contribution in [2.24, 2.45) is 0 Å². The van der Waals surface area contributed by atoms with Crippen molar-refractivity contribution < 1.29 is 8.42 Å². The number of benzene rings is 1. The van der Waals surface area contributed by atoms with Crippen LogP contribution in [0.15, 0.2) is 24.3 Å². The van der Waals surface area contributed by atoms with Crippen molar-refractivity contribution in [1.82, 2.24) is 10.2 Å². The molecule has 2 fully saturated rings. The van der Waals surface area contributed by atoms with Gasteiger partial charge in [0, 0.05) is 44.4 Å². The smallest absolute Gasteiger partial charge is 0.148 e. The molecule has 0 unspecified atom stereocenters. The lowest BCUT2D eigenvalue weighted by Crippen LogP contribution is -2.42. The third-order valence-electron chi connectivity index (χ3n) is 4.57. The van der Waals surface area contributed by atoms with Crippen molar-refractivity contribution in [2.75, 3.05) is 38.2 Å². The van der Waals surface area contributed by atoms with Crippen molar-refractivity contribution in [3.8, 4) is 0 Å². The molecule has 21 heavy (non-hydrogen) atoms. The summed E-state index contributed by atoms with van der Waals surface area (Å²) in [6.07, 6.45) is 3.33. The molecule has 1 aromatic rings. The van der Waals surface area contributed by atoms with E-state index in [1.807, 2.05) is 0 Å². The first kappa shape index (κ1) is 15.0. The molecule has 0 aromatic heterocycles. The monoisotopic (exact) mass is 308 g/mol. The van der Waals surface area contributed by atoms with E-state index in [0.29, 0.717) is 0 Å². The maximum atomic E-state index is 11.6. The summed E-state index contributed by atoms with van der Waals surface area (Å²) in [6, 6.07) is 8.60. The quantitative estimate of drug-likeness (QED) is 0.887. The summed E-state index contributed by atoms with van der Waals surface area (Å²) in [4.78, 5) is 2.45. The largest absolute Gasteiger partial charge is 0.314 e. The van der Waals surface area contributed by atoms with Gasteiger partial charge in [-0.1, -0.05) is 24.3 Å². The Bertz CT molecular complexity index is 585. The number of hydrogen-bond acceptors (Lipinski definition) is 4. The summed E-state index contributed by atoms with van der Waals surface area (Å²) >= 11 is 0. The fourth-order valence-corrected chi connectivity index (χ4v) is 4.72. The van der Waals surface area contributed by atoms with Gasteiger partial charge < -0.3 is 5.32 Å². The van der Waals surface area contributed by atoms with E-state index in [-0.39, 0.29) is 11.2 Å². The lowest BCUT2D eigenvalue weighted by Gasteiger charge is -2.27. The molecule has 0 spiro atoms. The van der Waals surface area contributed by atoms with Crippen LogP contribution in [0.25, 0.3) is 0 Å². The molecule has 0 amide bonds. The van der Waals surface area contributed by atoms with Crippen LogP contribution in [-0.2, 0) is 21.8 Å². The third kappa shape index (κ3) is 3.84. The van der Waals surface area contributed by atoms with Crippen LogP contribution in [0.4, 0.5) is 0 Å². The Kier molecular flexibility index (Phi) is 4.08. The van der Waals surface area contributed by atoms with Gasteiger partial charge in [0.15, 0.2) is 0 Å². The Hall–Kier alpha value is -0.910. The van der Waals surface area contributed by atoms with Gasteiger partial charge in [0.2, 0.25) is 0 Å². The molecule has 2 aliphatic rings. The Morgan fingerprint density at radius 2 is 1.76 bits per heavy atom. The molecule has 0 atom stereocenters. The summed E-state index contributed by atoms with van der Waals surface area (Å²) < 4.78 is 23.2. The van der Waals surface area contributed by atoms with Gasteiger partial charge in [-0.25, -0.2) is 8.42 Å². The van der Waals surface area contributed by atoms with E-state index >= 15 is 0 Å². The second kappa shape index (κ2) is 5.71. The minimum absolute atomic E-state index is 0.0961. The van der Waals surface area contributed by atoms with Crippen LogP contribution in [0.5, 0.6) is 0 Å². The molecular formula is C16H24N2O2S. The van der Waals surface area contributed by atoms with E-state index in [1.165, 1.54) is 17.4 Å². The summed E-state index contributed by atoms with van der Waals surface area (Å²) in [5, 5.41) is 3.36. The third-order valence-corrected chi connectivity index (χ3v) is 5.65. The second-order valence-electron chi connectivity index (χ2n) is 6.57. The molecule has 1 heterocycles. The summed E-state index contributed by atoms with van der Waals surface area (Å²) in [5.41, 5.74) is 2.41. The summed E-state index contributed by atoms with van der Waals surface area (Å²) in [7, 11) is -2.92. The molecule has 5 heteroatoms. The normalized spacial score (nSPS) is 22.1. The fourth-order valence-electron chi connectivity index (χ4n) is 3.26. The van der Waals surface area contributed by atoms with Gasteiger partial charge in [-0.3, -0.25) is 4.90 Å². The lowest BCUT2D eigenvalue weighted by molar-refractivity contribution is 0.233. The fraction of sp³-hybridized carbons (Fsp3) is 0.625. The van der Waals surface area contributed by atoms with Gasteiger partial charge >= 0.3 is 0 Å². The molecule has 116 valence electrons. The number of nitrogens with zero attached hydrogens (tertiary/aromatic N) is 1. The van der Waals surface area contributed by atoms with Crippen molar-refractivity contribution >= 4 is 9.84 Å². The Morgan fingerprint density at radius 3 is 2.29 bits per heavy atom. The van der Waals surface area contributed by atoms with Crippen LogP contribution in [0.3, 0.4) is 0 Å².